The topological polar surface area (TPSA) is 12.0 Å². The average molecular weight is 259 g/mol. The van der Waals surface area contributed by atoms with Gasteiger partial charge < -0.3 is 5.32 Å². The minimum Gasteiger partial charge on any atom is -0.309 e. The van der Waals surface area contributed by atoms with Gasteiger partial charge in [0.2, 0.25) is 0 Å². The van der Waals surface area contributed by atoms with Crippen molar-refractivity contribution < 1.29 is 17.6 Å². The molecule has 0 saturated carbocycles. The molecule has 98 valence electrons. The van der Waals surface area contributed by atoms with Crippen LogP contribution in [0.15, 0.2) is 30.4 Å². The Morgan fingerprint density at radius 1 is 1.17 bits per heavy atom. The molecule has 0 fully saturated rings. The largest absolute Gasteiger partial charge is 0.419 e. The third kappa shape index (κ3) is 3.10. The van der Waals surface area contributed by atoms with E-state index in [0.29, 0.717) is 12.1 Å². The van der Waals surface area contributed by atoms with Crippen LogP contribution in [0.5, 0.6) is 0 Å². The average Bonchev–Trinajstić information content (AvgIpc) is 2.79. The summed E-state index contributed by atoms with van der Waals surface area (Å²) in [6, 6.07) is 3.38. The van der Waals surface area contributed by atoms with Crippen molar-refractivity contribution in [1.29, 1.82) is 0 Å². The summed E-state index contributed by atoms with van der Waals surface area (Å²) < 4.78 is 50.6. The third-order valence-electron chi connectivity index (χ3n) is 2.94. The van der Waals surface area contributed by atoms with Gasteiger partial charge in [0.25, 0.3) is 0 Å². The Morgan fingerprint density at radius 2 is 1.83 bits per heavy atom. The minimum atomic E-state index is -4.64. The lowest BCUT2D eigenvalue weighted by Gasteiger charge is -2.14. The van der Waals surface area contributed by atoms with Crippen LogP contribution in [0.25, 0.3) is 0 Å². The molecule has 1 aliphatic rings. The van der Waals surface area contributed by atoms with Gasteiger partial charge in [-0.3, -0.25) is 0 Å². The highest BCUT2D eigenvalue weighted by atomic mass is 19.4. The van der Waals surface area contributed by atoms with Crippen LogP contribution in [0, 0.1) is 5.82 Å². The second-order valence-electron chi connectivity index (χ2n) is 4.33. The fourth-order valence-electron chi connectivity index (χ4n) is 1.95. The highest BCUT2D eigenvalue weighted by Crippen LogP contribution is 2.31. The maximum atomic E-state index is 13.1. The highest BCUT2D eigenvalue weighted by Gasteiger charge is 2.34. The first kappa shape index (κ1) is 13.1. The lowest BCUT2D eigenvalue weighted by atomic mass is 10.1. The van der Waals surface area contributed by atoms with E-state index in [4.69, 9.17) is 0 Å². The van der Waals surface area contributed by atoms with Crippen molar-refractivity contribution in [1.82, 2.24) is 5.32 Å². The normalized spacial score (nSPS) is 16.4. The van der Waals surface area contributed by atoms with Crippen molar-refractivity contribution in [3.63, 3.8) is 0 Å². The molecule has 2 rings (SSSR count). The molecule has 0 spiro atoms. The molecule has 1 N–H and O–H groups in total. The zero-order valence-electron chi connectivity index (χ0n) is 9.60. The van der Waals surface area contributed by atoms with Gasteiger partial charge in [-0.2, -0.15) is 13.2 Å². The molecule has 0 atom stereocenters. The van der Waals surface area contributed by atoms with Gasteiger partial charge in [-0.05, 0) is 30.5 Å². The van der Waals surface area contributed by atoms with Gasteiger partial charge in [-0.15, -0.1) is 0 Å². The molecular weight excluding hydrogens is 246 g/mol. The van der Waals surface area contributed by atoms with E-state index in [-0.39, 0.29) is 6.04 Å². The highest BCUT2D eigenvalue weighted by molar-refractivity contribution is 5.27. The van der Waals surface area contributed by atoms with Gasteiger partial charge in [-0.1, -0.05) is 18.2 Å². The standard InChI is InChI=1S/C13H13F4N/c14-12-6-5-9(7-11(12)13(15,16)17)8-18-10-3-1-2-4-10/h1-2,5-7,10,18H,3-4,8H2. The van der Waals surface area contributed by atoms with E-state index in [2.05, 4.69) is 5.32 Å². The van der Waals surface area contributed by atoms with Gasteiger partial charge in [0, 0.05) is 12.6 Å². The zero-order chi connectivity index (χ0) is 13.2. The molecule has 0 amide bonds. The van der Waals surface area contributed by atoms with Crippen LogP contribution >= 0.6 is 0 Å². The number of alkyl halides is 3. The van der Waals surface area contributed by atoms with Crippen LogP contribution < -0.4 is 5.32 Å². The summed E-state index contributed by atoms with van der Waals surface area (Å²) in [6.45, 7) is 0.315. The Hall–Kier alpha value is -1.36. The molecule has 18 heavy (non-hydrogen) atoms. The lowest BCUT2D eigenvalue weighted by molar-refractivity contribution is -0.140. The van der Waals surface area contributed by atoms with E-state index in [9.17, 15) is 17.6 Å². The van der Waals surface area contributed by atoms with E-state index >= 15 is 0 Å². The van der Waals surface area contributed by atoms with E-state index < -0.39 is 17.6 Å². The van der Waals surface area contributed by atoms with Crippen LogP contribution in [0.1, 0.15) is 24.0 Å². The van der Waals surface area contributed by atoms with Crippen molar-refractivity contribution in [2.24, 2.45) is 0 Å². The van der Waals surface area contributed by atoms with E-state index in [1.807, 2.05) is 12.2 Å². The Labute approximate surface area is 103 Å². The summed E-state index contributed by atoms with van der Waals surface area (Å²) in [5.74, 6) is -1.23. The molecule has 0 saturated heterocycles. The van der Waals surface area contributed by atoms with Crippen molar-refractivity contribution in [3.8, 4) is 0 Å². The maximum absolute atomic E-state index is 13.1. The van der Waals surface area contributed by atoms with Crippen LogP contribution in [0.4, 0.5) is 17.6 Å². The summed E-state index contributed by atoms with van der Waals surface area (Å²) in [5.41, 5.74) is -0.762. The van der Waals surface area contributed by atoms with E-state index in [1.54, 1.807) is 0 Å². The third-order valence-corrected chi connectivity index (χ3v) is 2.94. The number of benzene rings is 1. The smallest absolute Gasteiger partial charge is 0.309 e. The molecule has 0 aliphatic heterocycles. The molecule has 1 aromatic carbocycles. The molecule has 1 nitrogen and oxygen atoms in total. The SMILES string of the molecule is Fc1ccc(CNC2CC=CC2)cc1C(F)(F)F. The second-order valence-corrected chi connectivity index (χ2v) is 4.33. The summed E-state index contributed by atoms with van der Waals surface area (Å²) in [5, 5.41) is 3.14. The van der Waals surface area contributed by atoms with Crippen molar-refractivity contribution in [2.75, 3.05) is 0 Å². The molecule has 0 heterocycles. The maximum Gasteiger partial charge on any atom is 0.419 e. The fraction of sp³-hybridized carbons (Fsp3) is 0.385. The summed E-state index contributed by atoms with van der Waals surface area (Å²) in [7, 11) is 0. The molecule has 0 aromatic heterocycles. The molecule has 1 aromatic rings. The van der Waals surface area contributed by atoms with Gasteiger partial charge in [-0.25, -0.2) is 4.39 Å². The Morgan fingerprint density at radius 3 is 2.44 bits per heavy atom. The first-order valence-corrected chi connectivity index (χ1v) is 5.71. The Kier molecular flexibility index (Phi) is 3.71. The second kappa shape index (κ2) is 5.10. The zero-order valence-corrected chi connectivity index (χ0v) is 9.60. The lowest BCUT2D eigenvalue weighted by Crippen LogP contribution is -2.25. The number of hydrogen-bond acceptors (Lipinski definition) is 1. The monoisotopic (exact) mass is 259 g/mol. The van der Waals surface area contributed by atoms with Gasteiger partial charge in [0.1, 0.15) is 5.82 Å². The van der Waals surface area contributed by atoms with Gasteiger partial charge >= 0.3 is 6.18 Å². The quantitative estimate of drug-likeness (QED) is 0.645. The number of hydrogen-bond donors (Lipinski definition) is 1. The fourth-order valence-corrected chi connectivity index (χ4v) is 1.95. The summed E-state index contributed by atoms with van der Waals surface area (Å²) in [6.07, 6.45) is 1.18. The van der Waals surface area contributed by atoms with Crippen LogP contribution in [0.2, 0.25) is 0 Å². The predicted molar refractivity (Wildman–Crippen MR) is 60.4 cm³/mol. The molecular formula is C13H13F4N. The van der Waals surface area contributed by atoms with Crippen molar-refractivity contribution >= 4 is 0 Å². The molecule has 0 unspecified atom stereocenters. The number of nitrogens with one attached hydrogen (secondary N) is 1. The summed E-state index contributed by atoms with van der Waals surface area (Å²) >= 11 is 0. The molecule has 1 aliphatic carbocycles. The first-order chi connectivity index (χ1) is 8.47. The van der Waals surface area contributed by atoms with E-state index in [0.717, 1.165) is 25.0 Å². The minimum absolute atomic E-state index is 0.268. The first-order valence-electron chi connectivity index (χ1n) is 5.71. The Bertz CT molecular complexity index is 443. The number of halogens is 4. The number of rotatable bonds is 3. The van der Waals surface area contributed by atoms with Crippen molar-refractivity contribution in [2.45, 2.75) is 31.6 Å². The predicted octanol–water partition coefficient (Wildman–Crippen LogP) is 3.65. The van der Waals surface area contributed by atoms with Gasteiger partial charge in [0.15, 0.2) is 0 Å². The van der Waals surface area contributed by atoms with E-state index in [1.165, 1.54) is 6.07 Å². The molecule has 0 bridgehead atoms. The van der Waals surface area contributed by atoms with Crippen molar-refractivity contribution in [3.05, 3.63) is 47.3 Å². The van der Waals surface area contributed by atoms with Crippen LogP contribution in [0.3, 0.4) is 0 Å². The van der Waals surface area contributed by atoms with Crippen LogP contribution in [-0.2, 0) is 12.7 Å². The Balaban J connectivity index is 2.05. The molecule has 5 heteroatoms. The van der Waals surface area contributed by atoms with Crippen LogP contribution in [-0.4, -0.2) is 6.04 Å². The summed E-state index contributed by atoms with van der Waals surface area (Å²) in [4.78, 5) is 0. The molecule has 0 radical (unpaired) electrons. The van der Waals surface area contributed by atoms with Gasteiger partial charge in [0.05, 0.1) is 5.56 Å².